The van der Waals surface area contributed by atoms with Crippen LogP contribution >= 0.6 is 11.3 Å². The van der Waals surface area contributed by atoms with Gasteiger partial charge in [0, 0.05) is 24.0 Å². The summed E-state index contributed by atoms with van der Waals surface area (Å²) in [7, 11) is 1.68. The molecule has 0 atom stereocenters. The molecule has 0 saturated heterocycles. The number of methoxy groups -OCH3 is 1. The van der Waals surface area contributed by atoms with Gasteiger partial charge in [0.25, 0.3) is 0 Å². The molecule has 1 aromatic heterocycles. The highest BCUT2D eigenvalue weighted by Crippen LogP contribution is 2.33. The molecule has 3 nitrogen and oxygen atoms in total. The van der Waals surface area contributed by atoms with Crippen LogP contribution in [0, 0.1) is 0 Å². The number of hydrogen-bond donors (Lipinski definition) is 1. The van der Waals surface area contributed by atoms with Gasteiger partial charge in [-0.3, -0.25) is 0 Å². The van der Waals surface area contributed by atoms with E-state index in [1.165, 1.54) is 10.4 Å². The number of thiophene rings is 1. The van der Waals surface area contributed by atoms with Crippen molar-refractivity contribution in [2.75, 3.05) is 24.3 Å². The molecular weight excluding hydrogens is 244 g/mol. The molecule has 2 aromatic rings. The van der Waals surface area contributed by atoms with E-state index in [0.717, 1.165) is 36.6 Å². The molecule has 0 amide bonds. The van der Waals surface area contributed by atoms with Crippen LogP contribution < -0.4 is 15.4 Å². The minimum absolute atomic E-state index is 0.814. The first-order valence-electron chi connectivity index (χ1n) is 6.01. The molecule has 2 N–H and O–H groups in total. The minimum Gasteiger partial charge on any atom is -0.497 e. The van der Waals surface area contributed by atoms with Crippen molar-refractivity contribution in [3.8, 4) is 5.75 Å². The maximum Gasteiger partial charge on any atom is 0.121 e. The molecule has 0 radical (unpaired) electrons. The van der Waals surface area contributed by atoms with Crippen LogP contribution in [0.2, 0.25) is 0 Å². The van der Waals surface area contributed by atoms with Crippen molar-refractivity contribution in [1.29, 1.82) is 0 Å². The maximum atomic E-state index is 6.08. The fraction of sp³-hybridized carbons (Fsp3) is 0.286. The molecule has 0 bridgehead atoms. The lowest BCUT2D eigenvalue weighted by Crippen LogP contribution is -2.30. The van der Waals surface area contributed by atoms with E-state index in [1.807, 2.05) is 29.5 Å². The Labute approximate surface area is 111 Å². The molecule has 1 aliphatic heterocycles. The van der Waals surface area contributed by atoms with Crippen LogP contribution in [0.4, 0.5) is 11.4 Å². The highest BCUT2D eigenvalue weighted by molar-refractivity contribution is 7.10. The second kappa shape index (κ2) is 4.53. The summed E-state index contributed by atoms with van der Waals surface area (Å²) in [6.45, 7) is 1.96. The second-order valence-electron chi connectivity index (χ2n) is 4.47. The highest BCUT2D eigenvalue weighted by atomic mass is 32.1. The second-order valence-corrected chi connectivity index (χ2v) is 5.47. The SMILES string of the molecule is COc1ccc(N)c(N2CCc3sccc3C2)c1. The first-order valence-corrected chi connectivity index (χ1v) is 6.89. The molecule has 0 unspecified atom stereocenters. The van der Waals surface area contributed by atoms with Gasteiger partial charge in [-0.2, -0.15) is 0 Å². The Hall–Kier alpha value is -1.68. The molecule has 0 saturated carbocycles. The zero-order chi connectivity index (χ0) is 12.5. The fourth-order valence-electron chi connectivity index (χ4n) is 2.38. The van der Waals surface area contributed by atoms with Gasteiger partial charge >= 0.3 is 0 Å². The van der Waals surface area contributed by atoms with Crippen LogP contribution in [0.5, 0.6) is 5.75 Å². The third kappa shape index (κ3) is 1.93. The highest BCUT2D eigenvalue weighted by Gasteiger charge is 2.19. The van der Waals surface area contributed by atoms with Gasteiger partial charge in [0.05, 0.1) is 18.5 Å². The number of rotatable bonds is 2. The molecule has 0 fully saturated rings. The lowest BCUT2D eigenvalue weighted by atomic mass is 10.1. The fourth-order valence-corrected chi connectivity index (χ4v) is 3.27. The molecule has 0 spiro atoms. The topological polar surface area (TPSA) is 38.5 Å². The van der Waals surface area contributed by atoms with Crippen molar-refractivity contribution in [1.82, 2.24) is 0 Å². The first-order chi connectivity index (χ1) is 8.78. The van der Waals surface area contributed by atoms with Gasteiger partial charge in [-0.15, -0.1) is 11.3 Å². The summed E-state index contributed by atoms with van der Waals surface area (Å²) in [5.74, 6) is 0.857. The summed E-state index contributed by atoms with van der Waals surface area (Å²) >= 11 is 1.85. The van der Waals surface area contributed by atoms with E-state index in [-0.39, 0.29) is 0 Å². The molecule has 0 aliphatic carbocycles. The average Bonchev–Trinajstić information content (AvgIpc) is 2.86. The van der Waals surface area contributed by atoms with Gasteiger partial charge in [-0.25, -0.2) is 0 Å². The Bertz CT molecular complexity index is 565. The van der Waals surface area contributed by atoms with Crippen LogP contribution in [0.25, 0.3) is 0 Å². The van der Waals surface area contributed by atoms with Crippen molar-refractivity contribution < 1.29 is 4.74 Å². The van der Waals surface area contributed by atoms with E-state index in [4.69, 9.17) is 10.5 Å². The number of hydrogen-bond acceptors (Lipinski definition) is 4. The number of nitrogens with zero attached hydrogens (tertiary/aromatic N) is 1. The maximum absolute atomic E-state index is 6.08. The molecule has 1 aliphatic rings. The molecule has 94 valence electrons. The lowest BCUT2D eigenvalue weighted by molar-refractivity contribution is 0.415. The predicted octanol–water partition coefficient (Wildman–Crippen LogP) is 2.90. The van der Waals surface area contributed by atoms with Crippen LogP contribution in [-0.4, -0.2) is 13.7 Å². The van der Waals surface area contributed by atoms with Gasteiger partial charge in [-0.1, -0.05) is 0 Å². The van der Waals surface area contributed by atoms with Gasteiger partial charge in [-0.05, 0) is 35.6 Å². The summed E-state index contributed by atoms with van der Waals surface area (Å²) in [5, 5.41) is 2.17. The summed E-state index contributed by atoms with van der Waals surface area (Å²) in [6, 6.07) is 8.05. The van der Waals surface area contributed by atoms with Gasteiger partial charge in [0.2, 0.25) is 0 Å². The summed E-state index contributed by atoms with van der Waals surface area (Å²) in [5.41, 5.74) is 9.39. The number of anilines is 2. The molecular formula is C14H16N2OS. The van der Waals surface area contributed by atoms with Crippen molar-refractivity contribution in [3.05, 3.63) is 40.1 Å². The van der Waals surface area contributed by atoms with Crippen molar-refractivity contribution >= 4 is 22.7 Å². The van der Waals surface area contributed by atoms with E-state index >= 15 is 0 Å². The Morgan fingerprint density at radius 2 is 2.22 bits per heavy atom. The van der Waals surface area contributed by atoms with Gasteiger partial charge < -0.3 is 15.4 Å². The zero-order valence-electron chi connectivity index (χ0n) is 10.3. The number of ether oxygens (including phenoxy) is 1. The van der Waals surface area contributed by atoms with E-state index < -0.39 is 0 Å². The van der Waals surface area contributed by atoms with Crippen molar-refractivity contribution in [3.63, 3.8) is 0 Å². The average molecular weight is 260 g/mol. The quantitative estimate of drug-likeness (QED) is 0.844. The summed E-state index contributed by atoms with van der Waals surface area (Å²) in [6.07, 6.45) is 1.10. The smallest absolute Gasteiger partial charge is 0.121 e. The number of nitrogens with two attached hydrogens (primary N) is 1. The number of nitrogen functional groups attached to an aromatic ring is 1. The normalized spacial score (nSPS) is 14.4. The lowest BCUT2D eigenvalue weighted by Gasteiger charge is -2.30. The van der Waals surface area contributed by atoms with Gasteiger partial charge in [0.15, 0.2) is 0 Å². The summed E-state index contributed by atoms with van der Waals surface area (Å²) in [4.78, 5) is 3.83. The zero-order valence-corrected chi connectivity index (χ0v) is 11.2. The predicted molar refractivity (Wildman–Crippen MR) is 76.5 cm³/mol. The number of fused-ring (bicyclic) bond motifs is 1. The number of benzene rings is 1. The minimum atomic E-state index is 0.814. The monoisotopic (exact) mass is 260 g/mol. The van der Waals surface area contributed by atoms with Gasteiger partial charge in [0.1, 0.15) is 5.75 Å². The Morgan fingerprint density at radius 1 is 1.33 bits per heavy atom. The largest absolute Gasteiger partial charge is 0.497 e. The molecule has 18 heavy (non-hydrogen) atoms. The Morgan fingerprint density at radius 3 is 3.06 bits per heavy atom. The molecule has 2 heterocycles. The molecule has 3 rings (SSSR count). The van der Waals surface area contributed by atoms with Crippen molar-refractivity contribution in [2.45, 2.75) is 13.0 Å². The molecule has 4 heteroatoms. The van der Waals surface area contributed by atoms with E-state index in [2.05, 4.69) is 16.3 Å². The van der Waals surface area contributed by atoms with Crippen LogP contribution in [-0.2, 0) is 13.0 Å². The standard InChI is InChI=1S/C14H16N2OS/c1-17-11-2-3-12(15)13(8-11)16-6-4-14-10(9-16)5-7-18-14/h2-3,5,7-8H,4,6,9,15H2,1H3. The van der Waals surface area contributed by atoms with Crippen LogP contribution in [0.15, 0.2) is 29.6 Å². The first kappa shape index (κ1) is 11.4. The van der Waals surface area contributed by atoms with Crippen LogP contribution in [0.3, 0.4) is 0 Å². The third-order valence-corrected chi connectivity index (χ3v) is 4.41. The van der Waals surface area contributed by atoms with E-state index in [0.29, 0.717) is 0 Å². The summed E-state index contributed by atoms with van der Waals surface area (Å²) < 4.78 is 5.27. The van der Waals surface area contributed by atoms with E-state index in [1.54, 1.807) is 7.11 Å². The molecule has 1 aromatic carbocycles. The van der Waals surface area contributed by atoms with Crippen LogP contribution in [0.1, 0.15) is 10.4 Å². The Kier molecular flexibility index (Phi) is 2.88. The van der Waals surface area contributed by atoms with Crippen molar-refractivity contribution in [2.24, 2.45) is 0 Å². The Balaban J connectivity index is 1.92. The third-order valence-electron chi connectivity index (χ3n) is 3.39. The van der Waals surface area contributed by atoms with E-state index in [9.17, 15) is 0 Å².